The van der Waals surface area contributed by atoms with Gasteiger partial charge in [0, 0.05) is 24.2 Å². The molecule has 0 atom stereocenters. The average molecular weight is 511 g/mol. The summed E-state index contributed by atoms with van der Waals surface area (Å²) in [5, 5.41) is 11.2. The van der Waals surface area contributed by atoms with E-state index in [1.807, 2.05) is 12.1 Å². The molecule has 0 aliphatic rings. The first-order valence-corrected chi connectivity index (χ1v) is 11.9. The van der Waals surface area contributed by atoms with Crippen molar-refractivity contribution in [3.05, 3.63) is 53.3 Å². The molecule has 10 heteroatoms. The summed E-state index contributed by atoms with van der Waals surface area (Å²) in [6.45, 7) is 8.33. The molecule has 0 spiro atoms. The second-order valence-electron chi connectivity index (χ2n) is 9.45. The minimum absolute atomic E-state index is 0.173. The predicted molar refractivity (Wildman–Crippen MR) is 139 cm³/mol. The van der Waals surface area contributed by atoms with Gasteiger partial charge >= 0.3 is 5.97 Å². The minimum Gasteiger partial charge on any atom is -0.497 e. The normalized spacial score (nSPS) is 11.1. The molecule has 0 fully saturated rings. The fraction of sp³-hybridized carbons (Fsp3) is 0.407. The van der Waals surface area contributed by atoms with E-state index >= 15 is 0 Å². The van der Waals surface area contributed by atoms with Gasteiger partial charge in [0.15, 0.2) is 5.69 Å². The van der Waals surface area contributed by atoms with Gasteiger partial charge in [0.1, 0.15) is 22.9 Å². The zero-order valence-electron chi connectivity index (χ0n) is 22.4. The molecule has 37 heavy (non-hydrogen) atoms. The second kappa shape index (κ2) is 11.8. The number of carbonyl (C=O) groups excluding carboxylic acids is 2. The number of amides is 1. The van der Waals surface area contributed by atoms with Gasteiger partial charge in [-0.05, 0) is 48.6 Å². The average Bonchev–Trinajstić information content (AvgIpc) is 3.26. The van der Waals surface area contributed by atoms with Gasteiger partial charge in [0.05, 0.1) is 33.6 Å². The lowest BCUT2D eigenvalue weighted by Gasteiger charge is -2.21. The Bertz CT molecular complexity index is 1260. The first-order valence-electron chi connectivity index (χ1n) is 11.9. The largest absolute Gasteiger partial charge is 0.497 e. The lowest BCUT2D eigenvalue weighted by molar-refractivity contribution is -0.140. The Hall–Kier alpha value is -4.08. The van der Waals surface area contributed by atoms with Crippen LogP contribution < -0.4 is 19.5 Å². The number of carbonyl (C=O) groups is 2. The van der Waals surface area contributed by atoms with Crippen LogP contribution in [0.25, 0.3) is 5.69 Å². The Kier molecular flexibility index (Phi) is 8.75. The van der Waals surface area contributed by atoms with Gasteiger partial charge in [-0.2, -0.15) is 0 Å². The third-order valence-corrected chi connectivity index (χ3v) is 5.78. The first-order chi connectivity index (χ1) is 17.6. The molecule has 1 aromatic heterocycles. The van der Waals surface area contributed by atoms with Gasteiger partial charge in [-0.15, -0.1) is 5.10 Å². The van der Waals surface area contributed by atoms with Crippen molar-refractivity contribution in [3.8, 4) is 22.9 Å². The number of nitrogens with zero attached hydrogens (tertiary/aromatic N) is 3. The number of nitrogens with one attached hydrogen (secondary N) is 1. The standard InChI is InChI=1S/C27H34N4O6/c1-17-25(29-30-31(17)22-16-20(34-5)10-11-23(22)35-6)26(33)28-19-13-18(27(2,3)4)14-21(15-19)37-12-8-9-24(32)36-7/h10-11,13-16H,8-9,12H2,1-7H3,(H,28,33). The maximum absolute atomic E-state index is 13.2. The zero-order chi connectivity index (χ0) is 27.2. The number of anilines is 1. The molecule has 10 nitrogen and oxygen atoms in total. The summed E-state index contributed by atoms with van der Waals surface area (Å²) in [6.07, 6.45) is 0.788. The highest BCUT2D eigenvalue weighted by Crippen LogP contribution is 2.31. The van der Waals surface area contributed by atoms with Crippen molar-refractivity contribution in [2.24, 2.45) is 0 Å². The van der Waals surface area contributed by atoms with Crippen LogP contribution in [0, 0.1) is 6.92 Å². The fourth-order valence-corrected chi connectivity index (χ4v) is 3.62. The second-order valence-corrected chi connectivity index (χ2v) is 9.45. The van der Waals surface area contributed by atoms with E-state index in [0.29, 0.717) is 47.3 Å². The predicted octanol–water partition coefficient (Wildman–Crippen LogP) is 4.47. The maximum Gasteiger partial charge on any atom is 0.305 e. The van der Waals surface area contributed by atoms with Gasteiger partial charge in [-0.3, -0.25) is 9.59 Å². The van der Waals surface area contributed by atoms with Crippen LogP contribution in [0.1, 0.15) is 55.4 Å². The van der Waals surface area contributed by atoms with Crippen molar-refractivity contribution in [1.29, 1.82) is 0 Å². The number of hydrogen-bond donors (Lipinski definition) is 1. The monoisotopic (exact) mass is 510 g/mol. The zero-order valence-corrected chi connectivity index (χ0v) is 22.4. The molecule has 0 bridgehead atoms. The van der Waals surface area contributed by atoms with Crippen LogP contribution in [0.3, 0.4) is 0 Å². The highest BCUT2D eigenvalue weighted by molar-refractivity contribution is 6.03. The van der Waals surface area contributed by atoms with Gasteiger partial charge < -0.3 is 24.3 Å². The van der Waals surface area contributed by atoms with Crippen molar-refractivity contribution in [1.82, 2.24) is 15.0 Å². The Morgan fingerprint density at radius 3 is 2.41 bits per heavy atom. The third kappa shape index (κ3) is 6.78. The van der Waals surface area contributed by atoms with Crippen molar-refractivity contribution in [3.63, 3.8) is 0 Å². The number of esters is 1. The molecule has 0 aliphatic heterocycles. The maximum atomic E-state index is 13.2. The Morgan fingerprint density at radius 2 is 1.76 bits per heavy atom. The van der Waals surface area contributed by atoms with Crippen LogP contribution in [-0.4, -0.2) is 54.8 Å². The first kappa shape index (κ1) is 27.5. The van der Waals surface area contributed by atoms with Crippen molar-refractivity contribution in [2.45, 2.75) is 46.0 Å². The van der Waals surface area contributed by atoms with Gasteiger partial charge in [0.25, 0.3) is 5.91 Å². The summed E-state index contributed by atoms with van der Waals surface area (Å²) in [4.78, 5) is 24.6. The molecular weight excluding hydrogens is 476 g/mol. The molecule has 2 aromatic carbocycles. The van der Waals surface area contributed by atoms with Crippen LogP contribution in [0.15, 0.2) is 36.4 Å². The molecule has 0 saturated carbocycles. The van der Waals surface area contributed by atoms with E-state index in [2.05, 4.69) is 41.1 Å². The molecule has 3 aromatic rings. The quantitative estimate of drug-likeness (QED) is 0.314. The van der Waals surface area contributed by atoms with E-state index in [1.54, 1.807) is 45.4 Å². The highest BCUT2D eigenvalue weighted by atomic mass is 16.5. The Morgan fingerprint density at radius 1 is 1.00 bits per heavy atom. The molecule has 1 heterocycles. The van der Waals surface area contributed by atoms with E-state index in [4.69, 9.17) is 14.2 Å². The summed E-state index contributed by atoms with van der Waals surface area (Å²) in [5.41, 5.74) is 2.67. The van der Waals surface area contributed by atoms with E-state index in [1.165, 1.54) is 11.8 Å². The summed E-state index contributed by atoms with van der Waals surface area (Å²) in [7, 11) is 4.49. The Labute approximate surface area is 216 Å². The van der Waals surface area contributed by atoms with E-state index < -0.39 is 5.91 Å². The molecule has 1 amide bonds. The van der Waals surface area contributed by atoms with Crippen LogP contribution in [-0.2, 0) is 14.9 Å². The van der Waals surface area contributed by atoms with Crippen LogP contribution in [0.4, 0.5) is 5.69 Å². The number of rotatable bonds is 10. The number of benzene rings is 2. The number of methoxy groups -OCH3 is 3. The topological polar surface area (TPSA) is 114 Å². The summed E-state index contributed by atoms with van der Waals surface area (Å²) >= 11 is 0. The van der Waals surface area contributed by atoms with Gasteiger partial charge in [-0.1, -0.05) is 26.0 Å². The van der Waals surface area contributed by atoms with Crippen LogP contribution in [0.5, 0.6) is 17.2 Å². The molecule has 0 radical (unpaired) electrons. The summed E-state index contributed by atoms with van der Waals surface area (Å²) < 4.78 is 22.9. The smallest absolute Gasteiger partial charge is 0.305 e. The fourth-order valence-electron chi connectivity index (χ4n) is 3.62. The molecule has 0 saturated heterocycles. The highest BCUT2D eigenvalue weighted by Gasteiger charge is 2.22. The number of aromatic nitrogens is 3. The number of ether oxygens (including phenoxy) is 4. The molecule has 0 aliphatic carbocycles. The Balaban J connectivity index is 1.85. The SMILES string of the molecule is COC(=O)CCCOc1cc(NC(=O)c2nnn(-c3cc(OC)ccc3OC)c2C)cc(C(C)(C)C)c1. The van der Waals surface area contributed by atoms with Crippen LogP contribution in [0.2, 0.25) is 0 Å². The van der Waals surface area contributed by atoms with E-state index in [-0.39, 0.29) is 23.5 Å². The van der Waals surface area contributed by atoms with Crippen molar-refractivity contribution >= 4 is 17.6 Å². The summed E-state index contributed by atoms with van der Waals surface area (Å²) in [5.74, 6) is 1.08. The summed E-state index contributed by atoms with van der Waals surface area (Å²) in [6, 6.07) is 10.9. The van der Waals surface area contributed by atoms with Gasteiger partial charge in [0.2, 0.25) is 0 Å². The van der Waals surface area contributed by atoms with E-state index in [9.17, 15) is 9.59 Å². The van der Waals surface area contributed by atoms with Crippen molar-refractivity contribution in [2.75, 3.05) is 33.3 Å². The number of hydrogen-bond acceptors (Lipinski definition) is 8. The van der Waals surface area contributed by atoms with Crippen LogP contribution >= 0.6 is 0 Å². The molecule has 1 N–H and O–H groups in total. The molecular formula is C27H34N4O6. The molecule has 0 unspecified atom stereocenters. The minimum atomic E-state index is -0.409. The molecule has 3 rings (SSSR count). The lowest BCUT2D eigenvalue weighted by atomic mass is 9.86. The van der Waals surface area contributed by atoms with Gasteiger partial charge in [-0.25, -0.2) is 4.68 Å². The van der Waals surface area contributed by atoms with E-state index in [0.717, 1.165) is 5.56 Å². The third-order valence-electron chi connectivity index (χ3n) is 5.78. The molecule has 198 valence electrons. The lowest BCUT2D eigenvalue weighted by Crippen LogP contribution is -2.17. The van der Waals surface area contributed by atoms with Crippen molar-refractivity contribution < 1.29 is 28.5 Å².